The van der Waals surface area contributed by atoms with Crippen LogP contribution in [0.4, 0.5) is 36.2 Å². The van der Waals surface area contributed by atoms with Gasteiger partial charge in [0.05, 0.1) is 0 Å². The van der Waals surface area contributed by atoms with Crippen LogP contribution in [0.15, 0.2) is 15.7 Å². The van der Waals surface area contributed by atoms with Gasteiger partial charge in [-0.25, -0.2) is 9.97 Å². The fourth-order valence-corrected chi connectivity index (χ4v) is 4.49. The Bertz CT molecular complexity index is 1250. The normalized spacial score (nSPS) is 17.5. The van der Waals surface area contributed by atoms with Crippen LogP contribution in [0.25, 0.3) is 0 Å². The minimum Gasteiger partial charge on any atom is -0.380 e. The maximum Gasteiger partial charge on any atom is 0.451 e. The summed E-state index contributed by atoms with van der Waals surface area (Å²) in [6.07, 6.45) is -1.68. The van der Waals surface area contributed by atoms with Crippen LogP contribution in [0, 0.1) is 5.92 Å². The van der Waals surface area contributed by atoms with E-state index in [0.717, 1.165) is 6.42 Å². The molecule has 4 rings (SSSR count). The minimum absolute atomic E-state index is 0.0183. The van der Waals surface area contributed by atoms with Crippen LogP contribution >= 0.6 is 0 Å². The quantitative estimate of drug-likeness (QED) is 0.326. The first-order valence-corrected chi connectivity index (χ1v) is 12.8. The highest BCUT2D eigenvalue weighted by atomic mass is 32.2. The third-order valence-electron chi connectivity index (χ3n) is 6.27. The molecule has 0 bridgehead atoms. The van der Waals surface area contributed by atoms with E-state index in [1.54, 1.807) is 11.0 Å². The number of hydrogen-bond donors (Lipinski definition) is 3. The molecule has 0 atom stereocenters. The van der Waals surface area contributed by atoms with E-state index in [-0.39, 0.29) is 28.9 Å². The Morgan fingerprint density at radius 3 is 2.00 bits per heavy atom. The van der Waals surface area contributed by atoms with E-state index in [9.17, 15) is 31.2 Å². The van der Waals surface area contributed by atoms with Crippen molar-refractivity contribution in [1.29, 1.82) is 0 Å². The molecule has 192 valence electrons. The zero-order valence-electron chi connectivity index (χ0n) is 18.6. The number of anilines is 4. The van der Waals surface area contributed by atoms with Gasteiger partial charge in [-0.2, -0.15) is 21.6 Å². The van der Waals surface area contributed by atoms with Gasteiger partial charge in [0, 0.05) is 38.8 Å². The number of rotatable bonds is 9. The summed E-state index contributed by atoms with van der Waals surface area (Å²) >= 11 is 0. The van der Waals surface area contributed by atoms with Crippen molar-refractivity contribution in [2.75, 3.05) is 59.0 Å². The van der Waals surface area contributed by atoms with Crippen molar-refractivity contribution in [3.8, 4) is 0 Å². The highest BCUT2D eigenvalue weighted by molar-refractivity contribution is 7.85. The predicted molar refractivity (Wildman–Crippen MR) is 123 cm³/mol. The van der Waals surface area contributed by atoms with Crippen molar-refractivity contribution in [2.24, 2.45) is 5.92 Å². The molecule has 0 spiro atoms. The van der Waals surface area contributed by atoms with Gasteiger partial charge in [0.2, 0.25) is 5.82 Å². The fraction of sp³-hybridized carbons (Fsp3) is 0.600. The molecule has 2 aromatic rings. The molecule has 35 heavy (non-hydrogen) atoms. The van der Waals surface area contributed by atoms with E-state index in [2.05, 4.69) is 20.6 Å². The van der Waals surface area contributed by atoms with Crippen molar-refractivity contribution in [3.05, 3.63) is 32.3 Å². The molecule has 2 saturated heterocycles. The lowest BCUT2D eigenvalue weighted by Gasteiger charge is -2.35. The Kier molecular flexibility index (Phi) is 6.90. The van der Waals surface area contributed by atoms with Crippen LogP contribution in [0.1, 0.15) is 31.5 Å². The number of piperidine rings is 1. The van der Waals surface area contributed by atoms with E-state index in [1.807, 2.05) is 4.90 Å². The summed E-state index contributed by atoms with van der Waals surface area (Å²) in [5, 5.41) is 5.08. The van der Waals surface area contributed by atoms with Crippen molar-refractivity contribution in [3.63, 3.8) is 0 Å². The highest BCUT2D eigenvalue weighted by Crippen LogP contribution is 2.33. The number of alkyl halides is 3. The summed E-state index contributed by atoms with van der Waals surface area (Å²) < 4.78 is 70.4. The second-order valence-corrected chi connectivity index (χ2v) is 10.2. The Morgan fingerprint density at radius 2 is 1.51 bits per heavy atom. The Balaban J connectivity index is 1.31. The number of hydrogen-bond acceptors (Lipinski definition) is 10. The van der Waals surface area contributed by atoms with Crippen LogP contribution in [0.5, 0.6) is 0 Å². The largest absolute Gasteiger partial charge is 0.451 e. The molecule has 1 aromatic carbocycles. The molecular formula is C20H25F3N6O5S. The molecule has 15 heteroatoms. The Labute approximate surface area is 198 Å². The lowest BCUT2D eigenvalue weighted by molar-refractivity contribution is -0.144. The van der Waals surface area contributed by atoms with Crippen LogP contribution in [-0.4, -0.2) is 61.5 Å². The van der Waals surface area contributed by atoms with Crippen LogP contribution in [0.3, 0.4) is 0 Å². The molecule has 0 radical (unpaired) electrons. The summed E-state index contributed by atoms with van der Waals surface area (Å²) in [7, 11) is -4.36. The monoisotopic (exact) mass is 518 g/mol. The van der Waals surface area contributed by atoms with Crippen molar-refractivity contribution >= 4 is 33.1 Å². The fourth-order valence-electron chi connectivity index (χ4n) is 4.16. The molecule has 2 fully saturated rings. The molecule has 0 saturated carbocycles. The van der Waals surface area contributed by atoms with Gasteiger partial charge in [-0.1, -0.05) is 0 Å². The second kappa shape index (κ2) is 9.60. The van der Waals surface area contributed by atoms with E-state index < -0.39 is 38.9 Å². The highest BCUT2D eigenvalue weighted by Gasteiger charge is 2.37. The number of nitrogens with zero attached hydrogens (tertiary/aromatic N) is 4. The van der Waals surface area contributed by atoms with E-state index in [0.29, 0.717) is 52.0 Å². The molecule has 3 N–H and O–H groups in total. The maximum atomic E-state index is 13.3. The first kappa shape index (κ1) is 25.2. The van der Waals surface area contributed by atoms with Crippen LogP contribution in [-0.2, 0) is 16.3 Å². The van der Waals surface area contributed by atoms with Gasteiger partial charge in [-0.3, -0.25) is 14.1 Å². The van der Waals surface area contributed by atoms with E-state index in [4.69, 9.17) is 4.55 Å². The van der Waals surface area contributed by atoms with Crippen molar-refractivity contribution < 1.29 is 26.1 Å². The lowest BCUT2D eigenvalue weighted by atomic mass is 9.93. The van der Waals surface area contributed by atoms with Gasteiger partial charge in [0.1, 0.15) is 28.9 Å². The molecule has 11 nitrogen and oxygen atoms in total. The third kappa shape index (κ3) is 5.83. The molecule has 0 aliphatic carbocycles. The number of aromatic nitrogens is 2. The van der Waals surface area contributed by atoms with Gasteiger partial charge in [-0.15, -0.1) is 0 Å². The average molecular weight is 519 g/mol. The molecule has 3 heterocycles. The predicted octanol–water partition coefficient (Wildman–Crippen LogP) is 1.28. The van der Waals surface area contributed by atoms with Crippen LogP contribution < -0.4 is 31.3 Å². The van der Waals surface area contributed by atoms with Crippen molar-refractivity contribution in [1.82, 2.24) is 9.97 Å². The zero-order chi connectivity index (χ0) is 25.4. The van der Waals surface area contributed by atoms with Gasteiger partial charge in [0.15, 0.2) is 0 Å². The maximum absolute atomic E-state index is 13.3. The smallest absolute Gasteiger partial charge is 0.380 e. The number of nitrogens with one attached hydrogen (secondary N) is 2. The summed E-state index contributed by atoms with van der Waals surface area (Å²) in [6.45, 7) is 2.71. The molecule has 0 amide bonds. The van der Waals surface area contributed by atoms with Crippen LogP contribution in [0.2, 0.25) is 0 Å². The van der Waals surface area contributed by atoms with Gasteiger partial charge in [0.25, 0.3) is 21.0 Å². The van der Waals surface area contributed by atoms with Gasteiger partial charge >= 0.3 is 6.18 Å². The molecule has 0 unspecified atom stereocenters. The first-order chi connectivity index (χ1) is 16.4. The Morgan fingerprint density at radius 1 is 0.971 bits per heavy atom. The Hall–Kier alpha value is -2.94. The SMILES string of the molecule is O=c1c(NCCC2CCN(c3cc(N4CCC4)nc(C(F)(F)F)n3)CC2)c(NCS(=O)(=O)O)c1=O. The molecular weight excluding hydrogens is 493 g/mol. The second-order valence-electron chi connectivity index (χ2n) is 8.70. The summed E-state index contributed by atoms with van der Waals surface area (Å²) in [6, 6.07) is 1.60. The zero-order valence-corrected chi connectivity index (χ0v) is 19.5. The molecule has 2 aliphatic heterocycles. The lowest BCUT2D eigenvalue weighted by Crippen LogP contribution is -2.39. The van der Waals surface area contributed by atoms with Gasteiger partial charge < -0.3 is 20.4 Å². The standard InChI is InChI=1S/C20H25F3N6O5S/c21-20(22,23)19-26-13(28-6-1-7-28)10-14(27-19)29-8-3-12(4-9-29)2-5-24-15-16(18(31)17(15)30)25-11-35(32,33)34/h10,12,24-25H,1-9,11H2,(H,32,33,34). The number of halogens is 3. The van der Waals surface area contributed by atoms with E-state index in [1.165, 1.54) is 0 Å². The third-order valence-corrected chi connectivity index (χ3v) is 6.78. The van der Waals surface area contributed by atoms with E-state index >= 15 is 0 Å². The molecule has 2 aliphatic rings. The summed E-state index contributed by atoms with van der Waals surface area (Å²) in [5.74, 6) is -1.26. The van der Waals surface area contributed by atoms with Gasteiger partial charge in [-0.05, 0) is 31.6 Å². The summed E-state index contributed by atoms with van der Waals surface area (Å²) in [5.41, 5.74) is -1.81. The van der Waals surface area contributed by atoms with Crippen molar-refractivity contribution in [2.45, 2.75) is 31.9 Å². The molecule has 1 aromatic heterocycles. The first-order valence-electron chi connectivity index (χ1n) is 11.1. The summed E-state index contributed by atoms with van der Waals surface area (Å²) in [4.78, 5) is 34.4. The average Bonchev–Trinajstić information content (AvgIpc) is 2.75. The topological polar surface area (TPSA) is 145 Å². The minimum atomic E-state index is -4.64.